The van der Waals surface area contributed by atoms with E-state index >= 15 is 0 Å². The van der Waals surface area contributed by atoms with Gasteiger partial charge in [0, 0.05) is 34.2 Å². The van der Waals surface area contributed by atoms with Crippen molar-refractivity contribution in [2.45, 2.75) is 47.1 Å². The molecule has 2 aromatic carbocycles. The minimum absolute atomic E-state index is 0.102. The first kappa shape index (κ1) is 22.5. The molecule has 1 atom stereocenters. The topological polar surface area (TPSA) is 60.7 Å². The zero-order valence-corrected chi connectivity index (χ0v) is 19.2. The number of amides is 1. The van der Waals surface area contributed by atoms with Crippen LogP contribution in [0.25, 0.3) is 27.7 Å². The van der Waals surface area contributed by atoms with Gasteiger partial charge < -0.3 is 19.2 Å². The first-order valence-electron chi connectivity index (χ1n) is 10.7. The molecule has 0 spiro atoms. The molecule has 164 valence electrons. The summed E-state index contributed by atoms with van der Waals surface area (Å²) < 4.78 is 17.2. The number of carbonyl (C=O) groups is 1. The van der Waals surface area contributed by atoms with Crippen molar-refractivity contribution in [2.24, 2.45) is 0 Å². The number of nitrogens with one attached hydrogen (secondary N) is 1. The lowest BCUT2D eigenvalue weighted by Gasteiger charge is -2.15. The van der Waals surface area contributed by atoms with E-state index in [1.54, 1.807) is 19.4 Å². The molecule has 0 fully saturated rings. The summed E-state index contributed by atoms with van der Waals surface area (Å²) in [6.07, 6.45) is 4.30. The van der Waals surface area contributed by atoms with Gasteiger partial charge in [-0.05, 0) is 63.5 Å². The Hall–Kier alpha value is -3.21. The van der Waals surface area contributed by atoms with Crippen LogP contribution in [0.3, 0.4) is 0 Å². The number of allylic oxidation sites excluding steroid dienone is 1. The molecule has 0 radical (unpaired) electrons. The fraction of sp³-hybridized carbons (Fsp3) is 0.346. The molecule has 3 rings (SSSR count). The Morgan fingerprint density at radius 3 is 2.55 bits per heavy atom. The summed E-state index contributed by atoms with van der Waals surface area (Å²) in [5, 5.41) is 3.97. The highest BCUT2D eigenvalue weighted by Gasteiger charge is 2.19. The average molecular weight is 422 g/mol. The Labute approximate surface area is 184 Å². The number of ether oxygens (including phenoxy) is 2. The predicted octanol–water partition coefficient (Wildman–Crippen LogP) is 6.13. The monoisotopic (exact) mass is 421 g/mol. The Bertz CT molecular complexity index is 1090. The molecule has 0 aliphatic carbocycles. The van der Waals surface area contributed by atoms with Gasteiger partial charge in [0.1, 0.15) is 17.1 Å². The number of methoxy groups -OCH3 is 1. The molecular formula is C26H31NO4. The molecule has 5 nitrogen and oxygen atoms in total. The van der Waals surface area contributed by atoms with E-state index in [4.69, 9.17) is 13.9 Å². The number of benzene rings is 2. The maximum Gasteiger partial charge on any atom is 0.244 e. The van der Waals surface area contributed by atoms with Crippen molar-refractivity contribution >= 4 is 22.4 Å². The van der Waals surface area contributed by atoms with Crippen molar-refractivity contribution in [3.8, 4) is 22.6 Å². The standard InChI is InChI=1S/C26H31NO4/c1-7-17(4)27-24(28)13-16(3)21-14-22-23(19-9-11-20(29-6)12-10-19)15-31-26(22)18(5)25(21)30-8-2/h9-15,17H,7-8H2,1-6H3,(H,27,28)/b16-13+. The fourth-order valence-electron chi connectivity index (χ4n) is 3.59. The molecule has 1 N–H and O–H groups in total. The van der Waals surface area contributed by atoms with E-state index in [1.165, 1.54) is 0 Å². The van der Waals surface area contributed by atoms with Crippen molar-refractivity contribution in [1.29, 1.82) is 0 Å². The van der Waals surface area contributed by atoms with Crippen molar-refractivity contribution in [3.63, 3.8) is 0 Å². The summed E-state index contributed by atoms with van der Waals surface area (Å²) in [6, 6.07) is 10.1. The number of furan rings is 1. The van der Waals surface area contributed by atoms with Crippen LogP contribution in [0.4, 0.5) is 0 Å². The highest BCUT2D eigenvalue weighted by atomic mass is 16.5. The van der Waals surface area contributed by atoms with Crippen LogP contribution >= 0.6 is 0 Å². The molecule has 31 heavy (non-hydrogen) atoms. The predicted molar refractivity (Wildman–Crippen MR) is 126 cm³/mol. The first-order chi connectivity index (χ1) is 14.9. The molecule has 0 aliphatic rings. The SMILES string of the molecule is CCOc1c(/C(C)=C/C(=O)NC(C)CC)cc2c(-c3ccc(OC)cc3)coc2c1C. The van der Waals surface area contributed by atoms with Gasteiger partial charge in [0.05, 0.1) is 20.0 Å². The van der Waals surface area contributed by atoms with Crippen LogP contribution in [0.15, 0.2) is 47.1 Å². The largest absolute Gasteiger partial charge is 0.497 e. The number of fused-ring (bicyclic) bond motifs is 1. The molecule has 3 aromatic rings. The molecule has 5 heteroatoms. The second-order valence-electron chi connectivity index (χ2n) is 7.71. The van der Waals surface area contributed by atoms with Crippen molar-refractivity contribution in [3.05, 3.63) is 53.8 Å². The van der Waals surface area contributed by atoms with Crippen LogP contribution < -0.4 is 14.8 Å². The van der Waals surface area contributed by atoms with E-state index in [9.17, 15) is 4.79 Å². The molecule has 1 unspecified atom stereocenters. The summed E-state index contributed by atoms with van der Waals surface area (Å²) in [4.78, 5) is 12.5. The highest BCUT2D eigenvalue weighted by Crippen LogP contribution is 2.41. The van der Waals surface area contributed by atoms with Crippen molar-refractivity contribution in [1.82, 2.24) is 5.32 Å². The van der Waals surface area contributed by atoms with E-state index < -0.39 is 0 Å². The molecule has 0 saturated heterocycles. The van der Waals surface area contributed by atoms with Crippen LogP contribution in [-0.2, 0) is 4.79 Å². The Morgan fingerprint density at radius 2 is 1.94 bits per heavy atom. The molecule has 1 amide bonds. The van der Waals surface area contributed by atoms with Gasteiger partial charge in [0.2, 0.25) is 5.91 Å². The number of rotatable bonds is 8. The summed E-state index contributed by atoms with van der Waals surface area (Å²) in [5.74, 6) is 1.45. The normalized spacial score (nSPS) is 12.6. The first-order valence-corrected chi connectivity index (χ1v) is 10.7. The van der Waals surface area contributed by atoms with Crippen LogP contribution in [-0.4, -0.2) is 25.7 Å². The number of hydrogen-bond donors (Lipinski definition) is 1. The molecule has 0 saturated carbocycles. The molecule has 0 aliphatic heterocycles. The lowest BCUT2D eigenvalue weighted by Crippen LogP contribution is -2.30. The Kier molecular flexibility index (Phi) is 7.06. The summed E-state index contributed by atoms with van der Waals surface area (Å²) in [5.41, 5.74) is 5.46. The van der Waals surface area contributed by atoms with E-state index in [0.29, 0.717) is 6.61 Å². The third-order valence-corrected chi connectivity index (χ3v) is 5.51. The molecular weight excluding hydrogens is 390 g/mol. The van der Waals surface area contributed by atoms with Crippen LogP contribution in [0.1, 0.15) is 45.2 Å². The molecule has 1 aromatic heterocycles. The maximum absolute atomic E-state index is 12.5. The second kappa shape index (κ2) is 9.73. The fourth-order valence-corrected chi connectivity index (χ4v) is 3.59. The number of hydrogen-bond acceptors (Lipinski definition) is 4. The zero-order chi connectivity index (χ0) is 22.5. The van der Waals surface area contributed by atoms with Gasteiger partial charge >= 0.3 is 0 Å². The minimum Gasteiger partial charge on any atom is -0.497 e. The summed E-state index contributed by atoms with van der Waals surface area (Å²) in [7, 11) is 1.65. The summed E-state index contributed by atoms with van der Waals surface area (Å²) >= 11 is 0. The second-order valence-corrected chi connectivity index (χ2v) is 7.71. The van der Waals surface area contributed by atoms with Gasteiger partial charge in [-0.1, -0.05) is 19.1 Å². The van der Waals surface area contributed by atoms with E-state index in [-0.39, 0.29) is 11.9 Å². The van der Waals surface area contributed by atoms with Gasteiger partial charge in [-0.2, -0.15) is 0 Å². The van der Waals surface area contributed by atoms with Crippen LogP contribution in [0, 0.1) is 6.92 Å². The van der Waals surface area contributed by atoms with Gasteiger partial charge in [0.25, 0.3) is 0 Å². The third-order valence-electron chi connectivity index (χ3n) is 5.51. The maximum atomic E-state index is 12.5. The van der Waals surface area contributed by atoms with Gasteiger partial charge in [-0.25, -0.2) is 0 Å². The lowest BCUT2D eigenvalue weighted by atomic mass is 9.96. The zero-order valence-electron chi connectivity index (χ0n) is 19.2. The van der Waals surface area contributed by atoms with Gasteiger partial charge in [-0.15, -0.1) is 0 Å². The van der Waals surface area contributed by atoms with E-state index in [0.717, 1.165) is 56.7 Å². The third kappa shape index (κ3) is 4.76. The lowest BCUT2D eigenvalue weighted by molar-refractivity contribution is -0.117. The number of carbonyl (C=O) groups excluding carboxylic acids is 1. The quantitative estimate of drug-likeness (QED) is 0.444. The average Bonchev–Trinajstić information content (AvgIpc) is 3.19. The van der Waals surface area contributed by atoms with Gasteiger partial charge in [-0.3, -0.25) is 4.79 Å². The molecule has 0 bridgehead atoms. The summed E-state index contributed by atoms with van der Waals surface area (Å²) in [6.45, 7) is 10.4. The van der Waals surface area contributed by atoms with Gasteiger partial charge in [0.15, 0.2) is 0 Å². The van der Waals surface area contributed by atoms with E-state index in [2.05, 4.69) is 11.4 Å². The van der Waals surface area contributed by atoms with Crippen LogP contribution in [0.2, 0.25) is 0 Å². The highest BCUT2D eigenvalue weighted by molar-refractivity contribution is 6.01. The van der Waals surface area contributed by atoms with Crippen molar-refractivity contribution < 1.29 is 18.7 Å². The smallest absolute Gasteiger partial charge is 0.244 e. The van der Waals surface area contributed by atoms with Crippen LogP contribution in [0.5, 0.6) is 11.5 Å². The van der Waals surface area contributed by atoms with E-state index in [1.807, 2.05) is 58.9 Å². The Morgan fingerprint density at radius 1 is 1.23 bits per heavy atom. The number of aryl methyl sites for hydroxylation is 1. The minimum atomic E-state index is -0.102. The van der Waals surface area contributed by atoms with Crippen molar-refractivity contribution in [2.75, 3.05) is 13.7 Å². The Balaban J connectivity index is 2.12. The molecule has 1 heterocycles.